The van der Waals surface area contributed by atoms with Crippen molar-refractivity contribution < 1.29 is 13.2 Å². The van der Waals surface area contributed by atoms with E-state index in [0.717, 1.165) is 35.7 Å². The molecule has 0 radical (unpaired) electrons. The van der Waals surface area contributed by atoms with Gasteiger partial charge < -0.3 is 4.57 Å². The third-order valence-electron chi connectivity index (χ3n) is 3.47. The zero-order valence-corrected chi connectivity index (χ0v) is 15.6. The van der Waals surface area contributed by atoms with Crippen molar-refractivity contribution >= 4 is 40.0 Å². The predicted octanol–water partition coefficient (Wildman–Crippen LogP) is 6.59. The second kappa shape index (κ2) is 7.35. The average molecular weight is 403 g/mol. The van der Waals surface area contributed by atoms with Gasteiger partial charge in [-0.2, -0.15) is 13.2 Å². The quantitative estimate of drug-likeness (QED) is 0.468. The Morgan fingerprint density at radius 2 is 2.00 bits per heavy atom. The summed E-state index contributed by atoms with van der Waals surface area (Å²) in [5, 5.41) is 1.96. The van der Waals surface area contributed by atoms with Crippen LogP contribution in [0.3, 0.4) is 0 Å². The molecule has 25 heavy (non-hydrogen) atoms. The molecule has 0 aliphatic heterocycles. The fourth-order valence-corrected chi connectivity index (χ4v) is 4.46. The van der Waals surface area contributed by atoms with Crippen molar-refractivity contribution in [3.05, 3.63) is 56.5 Å². The maximum Gasteiger partial charge on any atom is 0.416 e. The van der Waals surface area contributed by atoms with Crippen LogP contribution >= 0.6 is 34.3 Å². The number of hydrogen-bond donors (Lipinski definition) is 0. The van der Waals surface area contributed by atoms with E-state index in [9.17, 15) is 13.2 Å². The lowest BCUT2D eigenvalue weighted by Crippen LogP contribution is -2.15. The molecule has 0 N–H and O–H groups in total. The number of halogens is 4. The number of alkyl halides is 3. The van der Waals surface area contributed by atoms with Crippen LogP contribution in [-0.2, 0) is 12.7 Å². The molecule has 0 saturated heterocycles. The molecule has 0 atom stereocenters. The molecule has 0 fully saturated rings. The van der Waals surface area contributed by atoms with Gasteiger partial charge in [0.2, 0.25) is 0 Å². The molecule has 0 unspecified atom stereocenters. The molecule has 0 spiro atoms. The first kappa shape index (κ1) is 18.2. The average Bonchev–Trinajstić information content (AvgIpc) is 3.14. The lowest BCUT2D eigenvalue weighted by molar-refractivity contribution is -0.137. The Hall–Kier alpha value is -1.57. The Morgan fingerprint density at radius 1 is 1.20 bits per heavy atom. The van der Waals surface area contributed by atoms with E-state index in [-0.39, 0.29) is 5.69 Å². The molecule has 1 aromatic carbocycles. The number of rotatable bonds is 4. The number of thiophene rings is 1. The van der Waals surface area contributed by atoms with Gasteiger partial charge >= 0.3 is 6.18 Å². The molecule has 0 bridgehead atoms. The maximum absolute atomic E-state index is 12.9. The Morgan fingerprint density at radius 3 is 2.64 bits per heavy atom. The molecule has 8 heteroatoms. The summed E-state index contributed by atoms with van der Waals surface area (Å²) < 4.78 is 41.4. The first-order chi connectivity index (χ1) is 11.9. The van der Waals surface area contributed by atoms with Crippen molar-refractivity contribution in [2.75, 3.05) is 0 Å². The minimum atomic E-state index is -4.38. The highest BCUT2D eigenvalue weighted by Crippen LogP contribution is 2.33. The summed E-state index contributed by atoms with van der Waals surface area (Å²) in [6.07, 6.45) is -3.49. The molecule has 0 amide bonds. The van der Waals surface area contributed by atoms with Gasteiger partial charge in [-0.25, -0.2) is 4.99 Å². The van der Waals surface area contributed by atoms with Gasteiger partial charge in [0.15, 0.2) is 4.80 Å². The Labute approximate surface area is 155 Å². The minimum Gasteiger partial charge on any atom is -0.316 e. The number of hydrogen-bond acceptors (Lipinski definition) is 3. The summed E-state index contributed by atoms with van der Waals surface area (Å²) in [6, 6.07) is 8.84. The van der Waals surface area contributed by atoms with Crippen molar-refractivity contribution in [3.8, 4) is 10.6 Å². The van der Waals surface area contributed by atoms with Gasteiger partial charge in [-0.15, -0.1) is 22.7 Å². The zero-order valence-electron chi connectivity index (χ0n) is 13.2. The minimum absolute atomic E-state index is 0.289. The van der Waals surface area contributed by atoms with E-state index < -0.39 is 11.7 Å². The van der Waals surface area contributed by atoms with Gasteiger partial charge in [0.25, 0.3) is 0 Å². The summed E-state index contributed by atoms with van der Waals surface area (Å²) >= 11 is 8.89. The third-order valence-corrected chi connectivity index (χ3v) is 5.59. The maximum atomic E-state index is 12.9. The van der Waals surface area contributed by atoms with E-state index in [1.54, 1.807) is 6.07 Å². The van der Waals surface area contributed by atoms with E-state index in [1.165, 1.54) is 28.7 Å². The van der Waals surface area contributed by atoms with Crippen molar-refractivity contribution in [1.82, 2.24) is 4.57 Å². The highest BCUT2D eigenvalue weighted by molar-refractivity contribution is 7.19. The summed E-state index contributed by atoms with van der Waals surface area (Å²) in [5.74, 6) is 0. The predicted molar refractivity (Wildman–Crippen MR) is 97.6 cm³/mol. The van der Waals surface area contributed by atoms with E-state index in [2.05, 4.69) is 4.99 Å². The van der Waals surface area contributed by atoms with Crippen LogP contribution in [0, 0.1) is 0 Å². The van der Waals surface area contributed by atoms with Crippen LogP contribution in [0.4, 0.5) is 18.9 Å². The number of aromatic nitrogens is 1. The van der Waals surface area contributed by atoms with Gasteiger partial charge in [0, 0.05) is 11.9 Å². The van der Waals surface area contributed by atoms with Gasteiger partial charge in [0.05, 0.1) is 26.2 Å². The molecular formula is C17H14ClF3N2S2. The largest absolute Gasteiger partial charge is 0.416 e. The van der Waals surface area contributed by atoms with Crippen LogP contribution in [0.5, 0.6) is 0 Å². The number of nitrogens with zero attached hydrogens (tertiary/aromatic N) is 2. The van der Waals surface area contributed by atoms with Gasteiger partial charge in [-0.3, -0.25) is 0 Å². The Bertz CT molecular complexity index is 938. The van der Waals surface area contributed by atoms with Gasteiger partial charge in [-0.05, 0) is 36.8 Å². The molecule has 2 heterocycles. The molecular weight excluding hydrogens is 389 g/mol. The van der Waals surface area contributed by atoms with Crippen LogP contribution in [0.2, 0.25) is 4.34 Å². The second-order valence-electron chi connectivity index (χ2n) is 5.32. The van der Waals surface area contributed by atoms with Crippen LogP contribution < -0.4 is 4.80 Å². The van der Waals surface area contributed by atoms with Crippen molar-refractivity contribution in [3.63, 3.8) is 0 Å². The summed E-state index contributed by atoms with van der Waals surface area (Å²) in [6.45, 7) is 2.77. The molecule has 0 aliphatic carbocycles. The molecule has 2 nitrogen and oxygen atoms in total. The fourth-order valence-electron chi connectivity index (χ4n) is 2.37. The van der Waals surface area contributed by atoms with E-state index >= 15 is 0 Å². The number of benzene rings is 1. The monoisotopic (exact) mass is 402 g/mol. The van der Waals surface area contributed by atoms with Gasteiger partial charge in [0.1, 0.15) is 0 Å². The third kappa shape index (κ3) is 4.16. The first-order valence-corrected chi connectivity index (χ1v) is 9.62. The highest BCUT2D eigenvalue weighted by Gasteiger charge is 2.30. The first-order valence-electron chi connectivity index (χ1n) is 7.54. The van der Waals surface area contributed by atoms with Crippen molar-refractivity contribution in [1.29, 1.82) is 0 Å². The van der Waals surface area contributed by atoms with Crippen LogP contribution in [-0.4, -0.2) is 4.57 Å². The Kier molecular flexibility index (Phi) is 5.36. The SMILES string of the molecule is CCCn1c(-c2ccc(Cl)s2)csc1=Nc1cccc(C(F)(F)F)c1. The smallest absolute Gasteiger partial charge is 0.316 e. The molecule has 3 rings (SSSR count). The fraction of sp³-hybridized carbons (Fsp3) is 0.235. The van der Waals surface area contributed by atoms with Crippen molar-refractivity contribution in [2.45, 2.75) is 26.1 Å². The summed E-state index contributed by atoms with van der Waals surface area (Å²) in [5.41, 5.74) is 0.573. The standard InChI is InChI=1S/C17H14ClF3N2S2/c1-2-8-23-13(14-6-7-15(18)25-14)10-24-16(23)22-12-5-3-4-11(9-12)17(19,20)21/h3-7,9-10H,2,8H2,1H3. The topological polar surface area (TPSA) is 17.3 Å². The van der Waals surface area contributed by atoms with E-state index in [1.807, 2.05) is 29.0 Å². The number of thiazole rings is 1. The molecule has 132 valence electrons. The zero-order chi connectivity index (χ0) is 18.0. The van der Waals surface area contributed by atoms with Crippen molar-refractivity contribution in [2.24, 2.45) is 4.99 Å². The van der Waals surface area contributed by atoms with E-state index in [4.69, 9.17) is 11.6 Å². The lowest BCUT2D eigenvalue weighted by Gasteiger charge is -2.07. The summed E-state index contributed by atoms with van der Waals surface area (Å²) in [7, 11) is 0. The molecule has 0 aliphatic rings. The van der Waals surface area contributed by atoms with Gasteiger partial charge in [-0.1, -0.05) is 24.6 Å². The summed E-state index contributed by atoms with van der Waals surface area (Å²) in [4.78, 5) is 6.12. The molecule has 0 saturated carbocycles. The Balaban J connectivity index is 2.08. The van der Waals surface area contributed by atoms with Crippen LogP contribution in [0.1, 0.15) is 18.9 Å². The molecule has 3 aromatic rings. The second-order valence-corrected chi connectivity index (χ2v) is 7.87. The molecule has 2 aromatic heterocycles. The van der Waals surface area contributed by atoms with Crippen LogP contribution in [0.25, 0.3) is 10.6 Å². The lowest BCUT2D eigenvalue weighted by atomic mass is 10.2. The van der Waals surface area contributed by atoms with E-state index in [0.29, 0.717) is 9.14 Å². The highest BCUT2D eigenvalue weighted by atomic mass is 35.5. The normalized spacial score (nSPS) is 12.8. The van der Waals surface area contributed by atoms with Crippen LogP contribution in [0.15, 0.2) is 46.8 Å².